The summed E-state index contributed by atoms with van der Waals surface area (Å²) in [7, 11) is 0. The molecule has 1 atom stereocenters. The summed E-state index contributed by atoms with van der Waals surface area (Å²) in [4.78, 5) is 0. The van der Waals surface area contributed by atoms with Gasteiger partial charge in [0, 0.05) is 17.0 Å². The minimum absolute atomic E-state index is 0.123. The van der Waals surface area contributed by atoms with E-state index >= 15 is 0 Å². The van der Waals surface area contributed by atoms with Crippen LogP contribution < -0.4 is 5.73 Å². The average molecular weight is 226 g/mol. The highest BCUT2D eigenvalue weighted by atomic mass is 35.5. The Bertz CT molecular complexity index is 361. The first-order chi connectivity index (χ1) is 7.22. The summed E-state index contributed by atoms with van der Waals surface area (Å²) < 4.78 is 0. The Balaban J connectivity index is 2.50. The lowest BCUT2D eigenvalue weighted by molar-refractivity contribution is 0.179. The van der Waals surface area contributed by atoms with E-state index in [0.29, 0.717) is 6.54 Å². The number of rotatable bonds is 2. The Morgan fingerprint density at radius 3 is 2.93 bits per heavy atom. The van der Waals surface area contributed by atoms with Crippen LogP contribution in [-0.4, -0.2) is 18.3 Å². The summed E-state index contributed by atoms with van der Waals surface area (Å²) in [5.74, 6) is 0. The third kappa shape index (κ3) is 1.78. The van der Waals surface area contributed by atoms with Crippen LogP contribution in [0.4, 0.5) is 0 Å². The molecule has 1 aromatic rings. The lowest BCUT2D eigenvalue weighted by Crippen LogP contribution is -2.41. The quantitative estimate of drug-likeness (QED) is 0.807. The molecule has 0 saturated heterocycles. The van der Waals surface area contributed by atoms with Crippen LogP contribution in [0.3, 0.4) is 0 Å². The first kappa shape index (κ1) is 10.9. The molecule has 2 nitrogen and oxygen atoms in total. The van der Waals surface area contributed by atoms with Gasteiger partial charge in [-0.2, -0.15) is 0 Å². The first-order valence-electron chi connectivity index (χ1n) is 5.32. The van der Waals surface area contributed by atoms with Crippen molar-refractivity contribution in [2.45, 2.75) is 24.7 Å². The van der Waals surface area contributed by atoms with E-state index < -0.39 is 0 Å². The number of fused-ring (bicyclic) bond motifs is 1. The fourth-order valence-corrected chi connectivity index (χ4v) is 2.67. The summed E-state index contributed by atoms with van der Waals surface area (Å²) >= 11 is 5.96. The molecule has 15 heavy (non-hydrogen) atoms. The third-order valence-electron chi connectivity index (χ3n) is 3.43. The van der Waals surface area contributed by atoms with Crippen molar-refractivity contribution >= 4 is 11.6 Å². The van der Waals surface area contributed by atoms with Gasteiger partial charge in [0.25, 0.3) is 0 Å². The average Bonchev–Trinajstić information content (AvgIpc) is 2.27. The van der Waals surface area contributed by atoms with Crippen LogP contribution in [-0.2, 0) is 11.8 Å². The Morgan fingerprint density at radius 2 is 2.27 bits per heavy atom. The molecule has 1 aromatic carbocycles. The van der Waals surface area contributed by atoms with Gasteiger partial charge in [-0.15, -0.1) is 0 Å². The van der Waals surface area contributed by atoms with Crippen molar-refractivity contribution in [3.63, 3.8) is 0 Å². The maximum atomic E-state index is 9.54. The van der Waals surface area contributed by atoms with Gasteiger partial charge < -0.3 is 10.8 Å². The predicted octanol–water partition coefficient (Wildman–Crippen LogP) is 1.87. The van der Waals surface area contributed by atoms with Gasteiger partial charge in [0.15, 0.2) is 0 Å². The van der Waals surface area contributed by atoms with Crippen molar-refractivity contribution in [2.24, 2.45) is 5.73 Å². The van der Waals surface area contributed by atoms with Gasteiger partial charge in [0.2, 0.25) is 0 Å². The molecular formula is C12H16ClNO. The SMILES string of the molecule is NCC1(CO)CCCc2cc(Cl)ccc21. The molecule has 0 aromatic heterocycles. The zero-order valence-corrected chi connectivity index (χ0v) is 9.43. The van der Waals surface area contributed by atoms with Crippen molar-refractivity contribution in [1.29, 1.82) is 0 Å². The maximum Gasteiger partial charge on any atom is 0.0540 e. The topological polar surface area (TPSA) is 46.2 Å². The molecule has 1 aliphatic carbocycles. The highest BCUT2D eigenvalue weighted by molar-refractivity contribution is 6.30. The summed E-state index contributed by atoms with van der Waals surface area (Å²) in [6, 6.07) is 5.89. The molecule has 0 spiro atoms. The van der Waals surface area contributed by atoms with E-state index in [9.17, 15) is 5.11 Å². The molecule has 3 heteroatoms. The number of hydrogen-bond donors (Lipinski definition) is 2. The van der Waals surface area contributed by atoms with Gasteiger partial charge in [-0.25, -0.2) is 0 Å². The van der Waals surface area contributed by atoms with E-state index in [4.69, 9.17) is 17.3 Å². The monoisotopic (exact) mass is 225 g/mol. The second-order valence-corrected chi connectivity index (χ2v) is 4.73. The number of nitrogens with two attached hydrogens (primary N) is 1. The number of hydrogen-bond acceptors (Lipinski definition) is 2. The Kier molecular flexibility index (Phi) is 3.01. The Labute approximate surface area is 95.1 Å². The van der Waals surface area contributed by atoms with Crippen LogP contribution in [0, 0.1) is 0 Å². The summed E-state index contributed by atoms with van der Waals surface area (Å²) in [6.07, 6.45) is 3.08. The van der Waals surface area contributed by atoms with E-state index in [1.54, 1.807) is 0 Å². The van der Waals surface area contributed by atoms with Crippen LogP contribution in [0.15, 0.2) is 18.2 Å². The van der Waals surface area contributed by atoms with Crippen LogP contribution >= 0.6 is 11.6 Å². The van der Waals surface area contributed by atoms with Gasteiger partial charge in [-0.1, -0.05) is 17.7 Å². The fourth-order valence-electron chi connectivity index (χ4n) is 2.48. The molecule has 1 aliphatic rings. The van der Waals surface area contributed by atoms with E-state index in [-0.39, 0.29) is 12.0 Å². The molecule has 1 unspecified atom stereocenters. The highest BCUT2D eigenvalue weighted by Gasteiger charge is 2.34. The van der Waals surface area contributed by atoms with Crippen LogP contribution in [0.25, 0.3) is 0 Å². The van der Waals surface area contributed by atoms with E-state index in [1.807, 2.05) is 18.2 Å². The van der Waals surface area contributed by atoms with Crippen LogP contribution in [0.2, 0.25) is 5.02 Å². The minimum atomic E-state index is -0.238. The van der Waals surface area contributed by atoms with Crippen molar-refractivity contribution in [3.8, 4) is 0 Å². The van der Waals surface area contributed by atoms with Gasteiger partial charge >= 0.3 is 0 Å². The van der Waals surface area contributed by atoms with Gasteiger partial charge in [-0.3, -0.25) is 0 Å². The zero-order valence-electron chi connectivity index (χ0n) is 8.67. The molecule has 2 rings (SSSR count). The second-order valence-electron chi connectivity index (χ2n) is 4.30. The van der Waals surface area contributed by atoms with Gasteiger partial charge in [0.1, 0.15) is 0 Å². The summed E-state index contributed by atoms with van der Waals surface area (Å²) in [6.45, 7) is 0.621. The number of aryl methyl sites for hydroxylation is 1. The van der Waals surface area contributed by atoms with Crippen molar-refractivity contribution in [1.82, 2.24) is 0 Å². The van der Waals surface area contributed by atoms with Crippen molar-refractivity contribution in [3.05, 3.63) is 34.3 Å². The predicted molar refractivity (Wildman–Crippen MR) is 62.2 cm³/mol. The molecule has 82 valence electrons. The standard InChI is InChI=1S/C12H16ClNO/c13-10-3-4-11-9(6-10)2-1-5-12(11,7-14)8-15/h3-4,6,15H,1-2,5,7-8,14H2. The summed E-state index contributed by atoms with van der Waals surface area (Å²) in [5.41, 5.74) is 8.00. The Morgan fingerprint density at radius 1 is 1.47 bits per heavy atom. The number of aliphatic hydroxyl groups excluding tert-OH is 1. The fraction of sp³-hybridized carbons (Fsp3) is 0.500. The van der Waals surface area contributed by atoms with Crippen molar-refractivity contribution in [2.75, 3.05) is 13.2 Å². The first-order valence-corrected chi connectivity index (χ1v) is 5.69. The molecule has 0 saturated carbocycles. The van der Waals surface area contributed by atoms with E-state index in [1.165, 1.54) is 11.1 Å². The lowest BCUT2D eigenvalue weighted by Gasteiger charge is -2.36. The number of benzene rings is 1. The largest absolute Gasteiger partial charge is 0.395 e. The third-order valence-corrected chi connectivity index (χ3v) is 3.67. The molecule has 0 radical (unpaired) electrons. The Hall–Kier alpha value is -0.570. The molecule has 0 aliphatic heterocycles. The lowest BCUT2D eigenvalue weighted by atomic mass is 9.70. The van der Waals surface area contributed by atoms with Gasteiger partial charge in [0.05, 0.1) is 6.61 Å². The number of aliphatic hydroxyl groups is 1. The zero-order chi connectivity index (χ0) is 10.9. The maximum absolute atomic E-state index is 9.54. The summed E-state index contributed by atoms with van der Waals surface area (Å²) in [5, 5.41) is 10.3. The van der Waals surface area contributed by atoms with Gasteiger partial charge in [-0.05, 0) is 42.5 Å². The van der Waals surface area contributed by atoms with E-state index in [2.05, 4.69) is 0 Å². The normalized spacial score (nSPS) is 25.0. The molecule has 0 bridgehead atoms. The minimum Gasteiger partial charge on any atom is -0.395 e. The molecule has 3 N–H and O–H groups in total. The molecule has 0 amide bonds. The second kappa shape index (κ2) is 4.12. The van der Waals surface area contributed by atoms with Crippen molar-refractivity contribution < 1.29 is 5.11 Å². The highest BCUT2D eigenvalue weighted by Crippen LogP contribution is 2.37. The van der Waals surface area contributed by atoms with Crippen LogP contribution in [0.1, 0.15) is 24.0 Å². The molecular weight excluding hydrogens is 210 g/mol. The number of halogens is 1. The molecule has 0 fully saturated rings. The van der Waals surface area contributed by atoms with Crippen LogP contribution in [0.5, 0.6) is 0 Å². The van der Waals surface area contributed by atoms with E-state index in [0.717, 1.165) is 24.3 Å². The molecule has 0 heterocycles. The smallest absolute Gasteiger partial charge is 0.0540 e.